The number of rotatable bonds is 5. The number of benzene rings is 1. The van der Waals surface area contributed by atoms with E-state index in [9.17, 15) is 4.79 Å². The highest BCUT2D eigenvalue weighted by atomic mass is 16.5. The first kappa shape index (κ1) is 12.2. The summed E-state index contributed by atoms with van der Waals surface area (Å²) in [4.78, 5) is 11.2. The molecule has 1 rings (SSSR count). The topological polar surface area (TPSA) is 26.3 Å². The van der Waals surface area contributed by atoms with Crippen molar-refractivity contribution in [3.63, 3.8) is 0 Å². The quantitative estimate of drug-likeness (QED) is 0.429. The molecule has 0 saturated carbocycles. The number of carbonyl (C=O) groups is 1. The van der Waals surface area contributed by atoms with Crippen LogP contribution in [0.2, 0.25) is 0 Å². The van der Waals surface area contributed by atoms with Crippen LogP contribution < -0.4 is 0 Å². The third-order valence-electron chi connectivity index (χ3n) is 1.94. The van der Waals surface area contributed by atoms with Gasteiger partial charge in [-0.3, -0.25) is 0 Å². The van der Waals surface area contributed by atoms with Crippen LogP contribution in [-0.2, 0) is 9.53 Å². The molecule has 0 spiro atoms. The lowest BCUT2D eigenvalue weighted by molar-refractivity contribution is -0.136. The molecule has 84 valence electrons. The SMILES string of the molecule is CC/C=C/COC(=O)/C=C/c1ccccc1. The summed E-state index contributed by atoms with van der Waals surface area (Å²) in [5.41, 5.74) is 0.989. The van der Waals surface area contributed by atoms with E-state index < -0.39 is 0 Å². The van der Waals surface area contributed by atoms with Crippen molar-refractivity contribution in [1.82, 2.24) is 0 Å². The number of hydrogen-bond donors (Lipinski definition) is 0. The predicted octanol–water partition coefficient (Wildman–Crippen LogP) is 3.21. The van der Waals surface area contributed by atoms with Gasteiger partial charge in [0, 0.05) is 6.08 Å². The number of allylic oxidation sites excluding steroid dienone is 1. The Balaban J connectivity index is 2.34. The maximum Gasteiger partial charge on any atom is 0.331 e. The molecule has 2 heteroatoms. The molecule has 0 fully saturated rings. The van der Waals surface area contributed by atoms with Crippen LogP contribution in [0.25, 0.3) is 6.08 Å². The second kappa shape index (κ2) is 7.46. The molecule has 0 amide bonds. The van der Waals surface area contributed by atoms with E-state index in [0.29, 0.717) is 6.61 Å². The Bertz CT molecular complexity index is 364. The van der Waals surface area contributed by atoms with E-state index >= 15 is 0 Å². The maximum absolute atomic E-state index is 11.2. The summed E-state index contributed by atoms with van der Waals surface area (Å²) in [5.74, 6) is -0.315. The monoisotopic (exact) mass is 216 g/mol. The molecule has 0 atom stereocenters. The van der Waals surface area contributed by atoms with Crippen molar-refractivity contribution >= 4 is 12.0 Å². The molecule has 0 unspecified atom stereocenters. The molecule has 16 heavy (non-hydrogen) atoms. The van der Waals surface area contributed by atoms with E-state index in [4.69, 9.17) is 4.74 Å². The van der Waals surface area contributed by atoms with E-state index in [-0.39, 0.29) is 5.97 Å². The van der Waals surface area contributed by atoms with E-state index in [1.54, 1.807) is 6.08 Å². The highest BCUT2D eigenvalue weighted by Crippen LogP contribution is 2.00. The first-order chi connectivity index (χ1) is 7.83. The summed E-state index contributed by atoms with van der Waals surface area (Å²) in [6.45, 7) is 2.37. The van der Waals surface area contributed by atoms with Crippen LogP contribution in [0.15, 0.2) is 48.6 Å². The molecule has 0 bridgehead atoms. The summed E-state index contributed by atoms with van der Waals surface area (Å²) < 4.78 is 4.95. The van der Waals surface area contributed by atoms with Gasteiger partial charge in [-0.25, -0.2) is 4.79 Å². The van der Waals surface area contributed by atoms with Crippen molar-refractivity contribution in [2.24, 2.45) is 0 Å². The van der Waals surface area contributed by atoms with Crippen molar-refractivity contribution < 1.29 is 9.53 Å². The number of esters is 1. The van der Waals surface area contributed by atoms with Gasteiger partial charge in [-0.15, -0.1) is 0 Å². The molecule has 0 radical (unpaired) electrons. The van der Waals surface area contributed by atoms with Gasteiger partial charge >= 0.3 is 5.97 Å². The second-order valence-corrected chi connectivity index (χ2v) is 3.25. The maximum atomic E-state index is 11.2. The minimum atomic E-state index is -0.315. The molecule has 0 aliphatic heterocycles. The molecule has 1 aromatic carbocycles. The average molecular weight is 216 g/mol. The molecule has 0 heterocycles. The highest BCUT2D eigenvalue weighted by molar-refractivity contribution is 5.87. The van der Waals surface area contributed by atoms with E-state index in [0.717, 1.165) is 12.0 Å². The molecular formula is C14H16O2. The third kappa shape index (κ3) is 5.15. The van der Waals surface area contributed by atoms with Crippen LogP contribution in [0, 0.1) is 0 Å². The molecule has 2 nitrogen and oxygen atoms in total. The van der Waals surface area contributed by atoms with Gasteiger partial charge in [0.2, 0.25) is 0 Å². The van der Waals surface area contributed by atoms with E-state index in [1.807, 2.05) is 49.4 Å². The lowest BCUT2D eigenvalue weighted by Gasteiger charge is -1.96. The molecule has 0 aromatic heterocycles. The van der Waals surface area contributed by atoms with Crippen molar-refractivity contribution in [2.75, 3.05) is 6.61 Å². The number of ether oxygens (including phenoxy) is 1. The fourth-order valence-electron chi connectivity index (χ4n) is 1.14. The van der Waals surface area contributed by atoms with Gasteiger partial charge in [0.1, 0.15) is 6.61 Å². The van der Waals surface area contributed by atoms with Crippen LogP contribution in [0.4, 0.5) is 0 Å². The smallest absolute Gasteiger partial charge is 0.331 e. The summed E-state index contributed by atoms with van der Waals surface area (Å²) in [6.07, 6.45) is 7.95. The van der Waals surface area contributed by atoms with Gasteiger partial charge in [-0.2, -0.15) is 0 Å². The fraction of sp³-hybridized carbons (Fsp3) is 0.214. The molecule has 1 aromatic rings. The Morgan fingerprint density at radius 2 is 2.00 bits per heavy atom. The Labute approximate surface area is 96.2 Å². The summed E-state index contributed by atoms with van der Waals surface area (Å²) >= 11 is 0. The van der Waals surface area contributed by atoms with Crippen LogP contribution in [0.5, 0.6) is 0 Å². The lowest BCUT2D eigenvalue weighted by Crippen LogP contribution is -1.99. The van der Waals surface area contributed by atoms with Gasteiger partial charge in [-0.1, -0.05) is 49.4 Å². The zero-order chi connectivity index (χ0) is 11.6. The van der Waals surface area contributed by atoms with Crippen molar-refractivity contribution in [3.05, 3.63) is 54.1 Å². The Morgan fingerprint density at radius 1 is 1.25 bits per heavy atom. The molecular weight excluding hydrogens is 200 g/mol. The minimum Gasteiger partial charge on any atom is -0.458 e. The molecule has 0 aliphatic carbocycles. The number of carbonyl (C=O) groups excluding carboxylic acids is 1. The zero-order valence-corrected chi connectivity index (χ0v) is 9.43. The molecule has 0 saturated heterocycles. The number of hydrogen-bond acceptors (Lipinski definition) is 2. The summed E-state index contributed by atoms with van der Waals surface area (Å²) in [6, 6.07) is 9.65. The second-order valence-electron chi connectivity index (χ2n) is 3.25. The van der Waals surface area contributed by atoms with Crippen molar-refractivity contribution in [2.45, 2.75) is 13.3 Å². The average Bonchev–Trinajstić information content (AvgIpc) is 2.33. The predicted molar refractivity (Wildman–Crippen MR) is 65.9 cm³/mol. The van der Waals surface area contributed by atoms with Gasteiger partial charge in [0.25, 0.3) is 0 Å². The first-order valence-corrected chi connectivity index (χ1v) is 5.38. The van der Waals surface area contributed by atoms with Gasteiger partial charge in [-0.05, 0) is 18.1 Å². The van der Waals surface area contributed by atoms with Gasteiger partial charge < -0.3 is 4.74 Å². The third-order valence-corrected chi connectivity index (χ3v) is 1.94. The Morgan fingerprint density at radius 3 is 2.69 bits per heavy atom. The van der Waals surface area contributed by atoms with Gasteiger partial charge in [0.15, 0.2) is 0 Å². The minimum absolute atomic E-state index is 0.315. The Hall–Kier alpha value is -1.83. The van der Waals surface area contributed by atoms with Gasteiger partial charge in [0.05, 0.1) is 0 Å². The standard InChI is InChI=1S/C14H16O2/c1-2-3-7-12-16-14(15)11-10-13-8-5-4-6-9-13/h3-11H,2,12H2,1H3/b7-3+,11-10+. The van der Waals surface area contributed by atoms with Crippen LogP contribution in [-0.4, -0.2) is 12.6 Å². The fourth-order valence-corrected chi connectivity index (χ4v) is 1.14. The molecule has 0 aliphatic rings. The zero-order valence-electron chi connectivity index (χ0n) is 9.43. The van der Waals surface area contributed by atoms with E-state index in [2.05, 4.69) is 0 Å². The lowest BCUT2D eigenvalue weighted by atomic mass is 10.2. The molecule has 0 N–H and O–H groups in total. The van der Waals surface area contributed by atoms with Crippen LogP contribution in [0.1, 0.15) is 18.9 Å². The van der Waals surface area contributed by atoms with Crippen molar-refractivity contribution in [1.29, 1.82) is 0 Å². The van der Waals surface area contributed by atoms with Crippen molar-refractivity contribution in [3.8, 4) is 0 Å². The van der Waals surface area contributed by atoms with E-state index in [1.165, 1.54) is 6.08 Å². The van der Waals surface area contributed by atoms with Crippen LogP contribution in [0.3, 0.4) is 0 Å². The summed E-state index contributed by atoms with van der Waals surface area (Å²) in [5, 5.41) is 0. The Kier molecular flexibility index (Phi) is 5.71. The van der Waals surface area contributed by atoms with Crippen LogP contribution >= 0.6 is 0 Å². The normalized spacial score (nSPS) is 11.1. The first-order valence-electron chi connectivity index (χ1n) is 5.38. The highest BCUT2D eigenvalue weighted by Gasteiger charge is 1.93. The largest absolute Gasteiger partial charge is 0.458 e. The summed E-state index contributed by atoms with van der Waals surface area (Å²) in [7, 11) is 0.